The highest BCUT2D eigenvalue weighted by Gasteiger charge is 2.26. The Kier molecular flexibility index (Phi) is 9.57. The number of amides is 2. The molecule has 1 N–H and O–H groups in total. The highest BCUT2D eigenvalue weighted by Crippen LogP contribution is 2.16. The van der Waals surface area contributed by atoms with Crippen molar-refractivity contribution < 1.29 is 14.3 Å². The Balaban J connectivity index is 2.00. The van der Waals surface area contributed by atoms with Crippen LogP contribution in [-0.4, -0.2) is 35.9 Å². The molecule has 0 unspecified atom stereocenters. The van der Waals surface area contributed by atoms with Gasteiger partial charge in [-0.3, -0.25) is 9.59 Å². The van der Waals surface area contributed by atoms with E-state index < -0.39 is 6.04 Å². The van der Waals surface area contributed by atoms with Gasteiger partial charge in [0.2, 0.25) is 11.8 Å². The minimum Gasteiger partial charge on any atom is -0.494 e. The minimum absolute atomic E-state index is 0.0389. The Morgan fingerprint density at radius 2 is 1.68 bits per heavy atom. The summed E-state index contributed by atoms with van der Waals surface area (Å²) < 4.78 is 5.75. The summed E-state index contributed by atoms with van der Waals surface area (Å²) in [7, 11) is 0. The molecule has 5 nitrogen and oxygen atoms in total. The van der Waals surface area contributed by atoms with Gasteiger partial charge in [-0.05, 0) is 56.4 Å². The Hall–Kier alpha value is -2.82. The van der Waals surface area contributed by atoms with E-state index in [-0.39, 0.29) is 11.8 Å². The average molecular weight is 425 g/mol. The molecule has 5 heteroatoms. The number of nitrogens with one attached hydrogen (secondary N) is 1. The number of carbonyl (C=O) groups excluding carboxylic acids is 2. The van der Waals surface area contributed by atoms with Crippen molar-refractivity contribution in [3.05, 3.63) is 65.2 Å². The fraction of sp³-hybridized carbons (Fsp3) is 0.462. The van der Waals surface area contributed by atoms with Gasteiger partial charge in [-0.1, -0.05) is 55.8 Å². The van der Waals surface area contributed by atoms with Crippen molar-refractivity contribution in [3.8, 4) is 5.75 Å². The third-order valence-corrected chi connectivity index (χ3v) is 5.28. The van der Waals surface area contributed by atoms with Crippen LogP contribution in [0.1, 0.15) is 50.3 Å². The molecule has 0 aliphatic rings. The first kappa shape index (κ1) is 24.4. The smallest absolute Gasteiger partial charge is 0.242 e. The van der Waals surface area contributed by atoms with Crippen LogP contribution in [0.4, 0.5) is 0 Å². The zero-order valence-electron chi connectivity index (χ0n) is 19.5. The predicted octanol–water partition coefficient (Wildman–Crippen LogP) is 4.65. The SMILES string of the molecule is Cc1ccc(OCCCC(=O)N(Cc2ccccc2C)[C@H](C)C(=O)NCC(C)C)cc1. The van der Waals surface area contributed by atoms with E-state index in [9.17, 15) is 9.59 Å². The summed E-state index contributed by atoms with van der Waals surface area (Å²) in [6.07, 6.45) is 0.927. The molecule has 0 aromatic heterocycles. The molecule has 0 spiro atoms. The second-order valence-electron chi connectivity index (χ2n) is 8.53. The van der Waals surface area contributed by atoms with Crippen molar-refractivity contribution in [2.45, 2.75) is 60.0 Å². The lowest BCUT2D eigenvalue weighted by molar-refractivity contribution is -0.140. The Morgan fingerprint density at radius 1 is 1.00 bits per heavy atom. The van der Waals surface area contributed by atoms with Crippen molar-refractivity contribution in [3.63, 3.8) is 0 Å². The van der Waals surface area contributed by atoms with Crippen LogP contribution < -0.4 is 10.1 Å². The minimum atomic E-state index is -0.538. The number of ether oxygens (including phenoxy) is 1. The highest BCUT2D eigenvalue weighted by atomic mass is 16.5. The van der Waals surface area contributed by atoms with Crippen LogP contribution in [0.2, 0.25) is 0 Å². The standard InChI is InChI=1S/C26H36N2O3/c1-19(2)17-27-26(30)22(5)28(18-23-10-7-6-9-21(23)4)25(29)11-8-16-31-24-14-12-20(3)13-15-24/h6-7,9-10,12-15,19,22H,8,11,16-18H2,1-5H3,(H,27,30)/t22-/m1/s1. The van der Waals surface area contributed by atoms with Crippen LogP contribution in [0.15, 0.2) is 48.5 Å². The summed E-state index contributed by atoms with van der Waals surface area (Å²) >= 11 is 0. The summed E-state index contributed by atoms with van der Waals surface area (Å²) in [5.41, 5.74) is 3.34. The number of rotatable bonds is 11. The van der Waals surface area contributed by atoms with Gasteiger partial charge in [-0.15, -0.1) is 0 Å². The van der Waals surface area contributed by atoms with Gasteiger partial charge in [0.25, 0.3) is 0 Å². The Morgan fingerprint density at radius 3 is 2.32 bits per heavy atom. The molecule has 2 amide bonds. The summed E-state index contributed by atoms with van der Waals surface area (Å²) in [5.74, 6) is 1.00. The van der Waals surface area contributed by atoms with Gasteiger partial charge in [0.05, 0.1) is 6.61 Å². The molecule has 2 aromatic carbocycles. The molecule has 1 atom stereocenters. The number of nitrogens with zero attached hydrogens (tertiary/aromatic N) is 1. The second kappa shape index (κ2) is 12.1. The quantitative estimate of drug-likeness (QED) is 0.534. The van der Waals surface area contributed by atoms with Crippen LogP contribution in [-0.2, 0) is 16.1 Å². The topological polar surface area (TPSA) is 58.6 Å². The van der Waals surface area contributed by atoms with Crippen molar-refractivity contribution >= 4 is 11.8 Å². The van der Waals surface area contributed by atoms with Crippen LogP contribution >= 0.6 is 0 Å². The first-order valence-corrected chi connectivity index (χ1v) is 11.1. The third kappa shape index (κ3) is 8.08. The second-order valence-corrected chi connectivity index (χ2v) is 8.53. The lowest BCUT2D eigenvalue weighted by Gasteiger charge is -2.29. The summed E-state index contributed by atoms with van der Waals surface area (Å²) in [6, 6.07) is 15.3. The van der Waals surface area contributed by atoms with Gasteiger partial charge < -0.3 is 15.0 Å². The van der Waals surface area contributed by atoms with E-state index in [1.54, 1.807) is 11.8 Å². The van der Waals surface area contributed by atoms with E-state index in [4.69, 9.17) is 4.74 Å². The Bertz CT molecular complexity index is 846. The van der Waals surface area contributed by atoms with Crippen LogP contribution in [0.5, 0.6) is 5.75 Å². The molecule has 0 radical (unpaired) electrons. The molecule has 0 aliphatic carbocycles. The zero-order valence-corrected chi connectivity index (χ0v) is 19.5. The third-order valence-electron chi connectivity index (χ3n) is 5.28. The lowest BCUT2D eigenvalue weighted by Crippen LogP contribution is -2.48. The van der Waals surface area contributed by atoms with E-state index in [1.165, 1.54) is 5.56 Å². The molecule has 0 saturated carbocycles. The predicted molar refractivity (Wildman–Crippen MR) is 125 cm³/mol. The maximum atomic E-state index is 13.1. The number of aryl methyl sites for hydroxylation is 2. The van der Waals surface area contributed by atoms with Crippen molar-refractivity contribution in [2.24, 2.45) is 5.92 Å². The largest absolute Gasteiger partial charge is 0.494 e. The van der Waals surface area contributed by atoms with Gasteiger partial charge in [-0.25, -0.2) is 0 Å². The van der Waals surface area contributed by atoms with Gasteiger partial charge in [0, 0.05) is 19.5 Å². The van der Waals surface area contributed by atoms with Crippen LogP contribution in [0.3, 0.4) is 0 Å². The maximum Gasteiger partial charge on any atom is 0.242 e. The number of carbonyl (C=O) groups is 2. The van der Waals surface area contributed by atoms with Gasteiger partial charge in [0.15, 0.2) is 0 Å². The van der Waals surface area contributed by atoms with Crippen molar-refractivity contribution in [1.82, 2.24) is 10.2 Å². The van der Waals surface area contributed by atoms with E-state index >= 15 is 0 Å². The molecular formula is C26H36N2O3. The molecule has 0 fully saturated rings. The molecule has 0 heterocycles. The van der Waals surface area contributed by atoms with Gasteiger partial charge in [0.1, 0.15) is 11.8 Å². The molecule has 2 rings (SSSR count). The monoisotopic (exact) mass is 424 g/mol. The maximum absolute atomic E-state index is 13.1. The highest BCUT2D eigenvalue weighted by molar-refractivity contribution is 5.87. The summed E-state index contributed by atoms with van der Waals surface area (Å²) in [4.78, 5) is 27.5. The normalized spacial score (nSPS) is 11.8. The Labute approximate surface area is 186 Å². The van der Waals surface area contributed by atoms with Gasteiger partial charge in [-0.2, -0.15) is 0 Å². The molecular weight excluding hydrogens is 388 g/mol. The summed E-state index contributed by atoms with van der Waals surface area (Å²) in [5, 5.41) is 2.95. The van der Waals surface area contributed by atoms with Crippen LogP contribution in [0, 0.1) is 19.8 Å². The van der Waals surface area contributed by atoms with Crippen molar-refractivity contribution in [1.29, 1.82) is 0 Å². The van der Waals surface area contributed by atoms with Gasteiger partial charge >= 0.3 is 0 Å². The number of hydrogen-bond acceptors (Lipinski definition) is 3. The fourth-order valence-electron chi connectivity index (χ4n) is 3.20. The van der Waals surface area contributed by atoms with E-state index in [0.29, 0.717) is 38.5 Å². The first-order chi connectivity index (χ1) is 14.8. The zero-order chi connectivity index (χ0) is 22.8. The number of benzene rings is 2. The molecule has 2 aromatic rings. The lowest BCUT2D eigenvalue weighted by atomic mass is 10.1. The molecule has 0 saturated heterocycles. The average Bonchev–Trinajstić information content (AvgIpc) is 2.75. The molecule has 0 aliphatic heterocycles. The fourth-order valence-corrected chi connectivity index (χ4v) is 3.20. The first-order valence-electron chi connectivity index (χ1n) is 11.1. The van der Waals surface area contributed by atoms with E-state index in [2.05, 4.69) is 19.2 Å². The summed E-state index contributed by atoms with van der Waals surface area (Å²) in [6.45, 7) is 11.4. The molecule has 0 bridgehead atoms. The molecule has 168 valence electrons. The molecule has 31 heavy (non-hydrogen) atoms. The van der Waals surface area contributed by atoms with E-state index in [1.807, 2.05) is 62.4 Å². The van der Waals surface area contributed by atoms with Crippen LogP contribution in [0.25, 0.3) is 0 Å². The number of hydrogen-bond donors (Lipinski definition) is 1. The van der Waals surface area contributed by atoms with Crippen molar-refractivity contribution in [2.75, 3.05) is 13.2 Å². The van der Waals surface area contributed by atoms with E-state index in [0.717, 1.165) is 16.9 Å².